The Balaban J connectivity index is 2.46. The van der Waals surface area contributed by atoms with E-state index >= 15 is 0 Å². The fourth-order valence-electron chi connectivity index (χ4n) is 1.69. The number of hydrogen-bond acceptors (Lipinski definition) is 3. The molecule has 0 spiro atoms. The molecule has 1 fully saturated rings. The molecule has 2 unspecified atom stereocenters. The Morgan fingerprint density at radius 1 is 1.50 bits per heavy atom. The molecule has 5 nitrogen and oxygen atoms in total. The highest BCUT2D eigenvalue weighted by atomic mass is 16.3. The number of β-amino-alcohol motifs (C(OH)–C–C–N with tert-alkyl or cyclic N) is 1. The summed E-state index contributed by atoms with van der Waals surface area (Å²) in [6, 6.07) is 0. The van der Waals surface area contributed by atoms with Gasteiger partial charge in [0.25, 0.3) is 0 Å². The second-order valence-corrected chi connectivity index (χ2v) is 4.55. The average molecular weight is 228 g/mol. The first-order valence-electron chi connectivity index (χ1n) is 5.59. The smallest absolute Gasteiger partial charge is 0.242 e. The normalized spacial score (nSPS) is 25.4. The lowest BCUT2D eigenvalue weighted by molar-refractivity contribution is -0.141. The summed E-state index contributed by atoms with van der Waals surface area (Å²) in [7, 11) is 1.60. The Hall–Kier alpha value is -1.10. The predicted molar refractivity (Wildman–Crippen MR) is 59.7 cm³/mol. The van der Waals surface area contributed by atoms with Crippen molar-refractivity contribution in [2.75, 3.05) is 26.7 Å². The number of rotatable bonds is 2. The Morgan fingerprint density at radius 3 is 2.62 bits per heavy atom. The van der Waals surface area contributed by atoms with Crippen LogP contribution < -0.4 is 0 Å². The molecule has 0 aromatic rings. The maximum Gasteiger partial charge on any atom is 0.242 e. The highest BCUT2D eigenvalue weighted by Gasteiger charge is 2.27. The summed E-state index contributed by atoms with van der Waals surface area (Å²) in [5, 5.41) is 9.67. The molecule has 0 saturated carbocycles. The van der Waals surface area contributed by atoms with Crippen molar-refractivity contribution in [1.82, 2.24) is 9.80 Å². The molecule has 0 aliphatic carbocycles. The second-order valence-electron chi connectivity index (χ2n) is 4.55. The fourth-order valence-corrected chi connectivity index (χ4v) is 1.69. The van der Waals surface area contributed by atoms with Crippen LogP contribution in [-0.2, 0) is 9.59 Å². The van der Waals surface area contributed by atoms with Crippen molar-refractivity contribution in [1.29, 1.82) is 0 Å². The van der Waals surface area contributed by atoms with E-state index in [-0.39, 0.29) is 24.3 Å². The Kier molecular flexibility index (Phi) is 4.29. The highest BCUT2D eigenvalue weighted by Crippen LogP contribution is 2.16. The third-order valence-electron chi connectivity index (χ3n) is 3.18. The first kappa shape index (κ1) is 13.0. The lowest BCUT2D eigenvalue weighted by Gasteiger charge is -2.35. The van der Waals surface area contributed by atoms with Crippen molar-refractivity contribution < 1.29 is 14.7 Å². The topological polar surface area (TPSA) is 60.9 Å². The van der Waals surface area contributed by atoms with E-state index in [1.54, 1.807) is 11.9 Å². The lowest BCUT2D eigenvalue weighted by Crippen LogP contribution is -2.49. The van der Waals surface area contributed by atoms with Crippen LogP contribution in [0.4, 0.5) is 0 Å². The molecule has 0 radical (unpaired) electrons. The Morgan fingerprint density at radius 2 is 2.12 bits per heavy atom. The van der Waals surface area contributed by atoms with E-state index in [0.717, 1.165) is 6.42 Å². The summed E-state index contributed by atoms with van der Waals surface area (Å²) in [5.74, 6) is 0.0255. The zero-order valence-electron chi connectivity index (χ0n) is 10.1. The van der Waals surface area contributed by atoms with Gasteiger partial charge in [-0.15, -0.1) is 0 Å². The van der Waals surface area contributed by atoms with E-state index in [9.17, 15) is 14.7 Å². The van der Waals surface area contributed by atoms with Crippen LogP contribution in [0.1, 0.15) is 20.3 Å². The molecule has 92 valence electrons. The van der Waals surface area contributed by atoms with Crippen molar-refractivity contribution in [3.05, 3.63) is 0 Å². The van der Waals surface area contributed by atoms with Crippen molar-refractivity contribution in [3.63, 3.8) is 0 Å². The molecule has 1 aliphatic rings. The number of carbonyl (C=O) groups excluding carboxylic acids is 2. The van der Waals surface area contributed by atoms with E-state index in [4.69, 9.17) is 0 Å². The summed E-state index contributed by atoms with van der Waals surface area (Å²) >= 11 is 0. The molecule has 1 rings (SSSR count). The molecular formula is C11H20N2O3. The van der Waals surface area contributed by atoms with Crippen molar-refractivity contribution in [2.45, 2.75) is 26.4 Å². The van der Waals surface area contributed by atoms with Crippen molar-refractivity contribution >= 4 is 11.8 Å². The molecule has 5 heteroatoms. The largest absolute Gasteiger partial charge is 0.391 e. The summed E-state index contributed by atoms with van der Waals surface area (Å²) in [5.41, 5.74) is 0. The van der Waals surface area contributed by atoms with Crippen LogP contribution in [0.5, 0.6) is 0 Å². The van der Waals surface area contributed by atoms with Gasteiger partial charge in [0, 0.05) is 27.1 Å². The quantitative estimate of drug-likeness (QED) is 0.705. The van der Waals surface area contributed by atoms with E-state index in [1.807, 2.05) is 6.92 Å². The molecule has 0 aromatic heterocycles. The number of nitrogens with zero attached hydrogens (tertiary/aromatic N) is 2. The molecule has 0 aromatic carbocycles. The monoisotopic (exact) mass is 228 g/mol. The molecule has 0 bridgehead atoms. The summed E-state index contributed by atoms with van der Waals surface area (Å²) in [6.45, 7) is 4.56. The molecule has 16 heavy (non-hydrogen) atoms. The molecule has 1 saturated heterocycles. The minimum atomic E-state index is -0.444. The number of likely N-dealkylation sites (tertiary alicyclic amines) is 1. The fraction of sp³-hybridized carbons (Fsp3) is 0.818. The molecule has 1 N–H and O–H groups in total. The molecular weight excluding hydrogens is 208 g/mol. The van der Waals surface area contributed by atoms with Crippen LogP contribution in [0.15, 0.2) is 0 Å². The minimum absolute atomic E-state index is 0.0937. The van der Waals surface area contributed by atoms with Gasteiger partial charge in [-0.2, -0.15) is 0 Å². The number of piperidine rings is 1. The van der Waals surface area contributed by atoms with Crippen LogP contribution >= 0.6 is 0 Å². The van der Waals surface area contributed by atoms with E-state index in [1.165, 1.54) is 11.8 Å². The maximum absolute atomic E-state index is 11.8. The first-order valence-corrected chi connectivity index (χ1v) is 5.59. The number of hydrogen-bond donors (Lipinski definition) is 1. The highest BCUT2D eigenvalue weighted by molar-refractivity contribution is 5.83. The summed E-state index contributed by atoms with van der Waals surface area (Å²) in [6.07, 6.45) is 0.372. The standard InChI is InChI=1S/C11H20N2O3/c1-8-4-5-13(6-10(8)15)11(16)7-12(3)9(2)14/h8,10,15H,4-7H2,1-3H3. The Bertz CT molecular complexity index is 280. The maximum atomic E-state index is 11.8. The third kappa shape index (κ3) is 3.20. The van der Waals surface area contributed by atoms with Crippen LogP contribution in [0.3, 0.4) is 0 Å². The number of likely N-dealkylation sites (N-methyl/N-ethyl adjacent to an activating group) is 1. The van der Waals surface area contributed by atoms with E-state index in [2.05, 4.69) is 0 Å². The first-order chi connectivity index (χ1) is 7.41. The summed E-state index contributed by atoms with van der Waals surface area (Å²) < 4.78 is 0. The molecule has 1 heterocycles. The Labute approximate surface area is 96.0 Å². The van der Waals surface area contributed by atoms with Gasteiger partial charge >= 0.3 is 0 Å². The predicted octanol–water partition coefficient (Wildman–Crippen LogP) is -0.306. The molecule has 1 aliphatic heterocycles. The van der Waals surface area contributed by atoms with Gasteiger partial charge in [0.1, 0.15) is 0 Å². The van der Waals surface area contributed by atoms with Crippen LogP contribution in [0, 0.1) is 5.92 Å². The van der Waals surface area contributed by atoms with Gasteiger partial charge in [-0.3, -0.25) is 9.59 Å². The molecule has 2 atom stereocenters. The number of carbonyl (C=O) groups is 2. The average Bonchev–Trinajstić information content (AvgIpc) is 2.21. The zero-order valence-corrected chi connectivity index (χ0v) is 10.1. The second kappa shape index (κ2) is 5.30. The van der Waals surface area contributed by atoms with Gasteiger partial charge in [-0.25, -0.2) is 0 Å². The van der Waals surface area contributed by atoms with Gasteiger partial charge in [0.2, 0.25) is 11.8 Å². The van der Waals surface area contributed by atoms with Crippen LogP contribution in [-0.4, -0.2) is 59.5 Å². The van der Waals surface area contributed by atoms with Gasteiger partial charge in [-0.1, -0.05) is 6.92 Å². The number of aliphatic hydroxyl groups excluding tert-OH is 1. The van der Waals surface area contributed by atoms with Gasteiger partial charge < -0.3 is 14.9 Å². The minimum Gasteiger partial charge on any atom is -0.391 e. The van der Waals surface area contributed by atoms with Gasteiger partial charge in [-0.05, 0) is 12.3 Å². The van der Waals surface area contributed by atoms with Crippen molar-refractivity contribution in [2.24, 2.45) is 5.92 Å². The number of aliphatic hydroxyl groups is 1. The summed E-state index contributed by atoms with van der Waals surface area (Å²) in [4.78, 5) is 25.8. The number of amides is 2. The van der Waals surface area contributed by atoms with E-state index < -0.39 is 6.10 Å². The lowest BCUT2D eigenvalue weighted by atomic mass is 9.96. The van der Waals surface area contributed by atoms with E-state index in [0.29, 0.717) is 13.1 Å². The zero-order chi connectivity index (χ0) is 12.3. The van der Waals surface area contributed by atoms with Gasteiger partial charge in [0.05, 0.1) is 12.6 Å². The molecule has 2 amide bonds. The van der Waals surface area contributed by atoms with Gasteiger partial charge in [0.15, 0.2) is 0 Å². The third-order valence-corrected chi connectivity index (χ3v) is 3.18. The SMILES string of the molecule is CC(=O)N(C)CC(=O)N1CCC(C)C(O)C1. The van der Waals surface area contributed by atoms with Crippen LogP contribution in [0.25, 0.3) is 0 Å². The van der Waals surface area contributed by atoms with Crippen molar-refractivity contribution in [3.8, 4) is 0 Å². The van der Waals surface area contributed by atoms with Crippen LogP contribution in [0.2, 0.25) is 0 Å².